The maximum atomic E-state index is 5.02. The van der Waals surface area contributed by atoms with Crippen molar-refractivity contribution < 1.29 is 0 Å². The minimum atomic E-state index is -0.552. The van der Waals surface area contributed by atoms with Crippen molar-refractivity contribution in [1.29, 1.82) is 0 Å². The Hall–Kier alpha value is -5.74. The largest absolute Gasteiger partial charge is 0.309 e. The Morgan fingerprint density at radius 2 is 1.26 bits per heavy atom. The molecule has 3 heterocycles. The van der Waals surface area contributed by atoms with Crippen molar-refractivity contribution >= 4 is 21.8 Å². The van der Waals surface area contributed by atoms with Crippen LogP contribution in [0, 0.1) is 0 Å². The van der Waals surface area contributed by atoms with Crippen LogP contribution in [-0.4, -0.2) is 19.3 Å². The third kappa shape index (κ3) is 3.32. The third-order valence-electron chi connectivity index (χ3n) is 8.97. The molecule has 3 aromatic heterocycles. The molecule has 0 unspecified atom stereocenters. The summed E-state index contributed by atoms with van der Waals surface area (Å²) in [6.45, 7) is 0. The Morgan fingerprint density at radius 3 is 2.02 bits per heavy atom. The van der Waals surface area contributed by atoms with Gasteiger partial charge in [-0.2, -0.15) is 5.10 Å². The lowest BCUT2D eigenvalue weighted by Crippen LogP contribution is -2.29. The van der Waals surface area contributed by atoms with Crippen molar-refractivity contribution in [1.82, 2.24) is 19.3 Å². The van der Waals surface area contributed by atoms with E-state index in [2.05, 4.69) is 137 Å². The van der Waals surface area contributed by atoms with Crippen molar-refractivity contribution in [3.63, 3.8) is 0 Å². The summed E-state index contributed by atoms with van der Waals surface area (Å²) in [4.78, 5) is 5.02. The van der Waals surface area contributed by atoms with Gasteiger partial charge in [0.1, 0.15) is 0 Å². The van der Waals surface area contributed by atoms with Crippen LogP contribution in [0.15, 0.2) is 158 Å². The number of hydrogen-bond donors (Lipinski definition) is 0. The minimum absolute atomic E-state index is 0.552. The van der Waals surface area contributed by atoms with E-state index in [0.717, 1.165) is 22.6 Å². The summed E-state index contributed by atoms with van der Waals surface area (Å²) < 4.78 is 4.31. The molecule has 0 saturated heterocycles. The van der Waals surface area contributed by atoms with Crippen molar-refractivity contribution in [3.05, 3.63) is 181 Å². The normalized spacial score (nSPS) is 13.3. The monoisotopic (exact) mass is 550 g/mol. The molecule has 202 valence electrons. The van der Waals surface area contributed by atoms with Crippen LogP contribution in [0.1, 0.15) is 22.4 Å². The van der Waals surface area contributed by atoms with E-state index >= 15 is 0 Å². The molecular formula is C39H26N4. The molecule has 0 N–H and O–H groups in total. The zero-order valence-electron chi connectivity index (χ0n) is 23.3. The van der Waals surface area contributed by atoms with E-state index in [1.165, 1.54) is 44.1 Å². The van der Waals surface area contributed by atoms with Crippen molar-refractivity contribution in [2.24, 2.45) is 0 Å². The number of hydrogen-bond acceptors (Lipinski definition) is 2. The van der Waals surface area contributed by atoms with Gasteiger partial charge in [0.15, 0.2) is 0 Å². The van der Waals surface area contributed by atoms with Gasteiger partial charge in [-0.25, -0.2) is 4.68 Å². The van der Waals surface area contributed by atoms with Crippen LogP contribution in [0.4, 0.5) is 0 Å². The molecule has 0 bridgehead atoms. The molecule has 8 aromatic rings. The van der Waals surface area contributed by atoms with E-state index in [4.69, 9.17) is 4.98 Å². The molecular weight excluding hydrogens is 524 g/mol. The van der Waals surface area contributed by atoms with Gasteiger partial charge in [-0.05, 0) is 76.3 Å². The second-order valence-corrected chi connectivity index (χ2v) is 11.1. The maximum Gasteiger partial charge on any atom is 0.0886 e. The first-order chi connectivity index (χ1) is 21.3. The molecule has 0 amide bonds. The quantitative estimate of drug-likeness (QED) is 0.220. The lowest BCUT2D eigenvalue weighted by atomic mass is 9.69. The van der Waals surface area contributed by atoms with Gasteiger partial charge in [0.2, 0.25) is 0 Å². The number of nitrogens with zero attached hydrogens (tertiary/aromatic N) is 4. The van der Waals surface area contributed by atoms with Crippen LogP contribution in [0.3, 0.4) is 0 Å². The van der Waals surface area contributed by atoms with E-state index in [0.29, 0.717) is 0 Å². The molecule has 9 rings (SSSR count). The fraction of sp³-hybridized carbons (Fsp3) is 0.0256. The predicted molar refractivity (Wildman–Crippen MR) is 173 cm³/mol. The Labute approximate surface area is 249 Å². The second-order valence-electron chi connectivity index (χ2n) is 11.1. The van der Waals surface area contributed by atoms with Gasteiger partial charge in [-0.3, -0.25) is 4.98 Å². The zero-order chi connectivity index (χ0) is 28.4. The van der Waals surface area contributed by atoms with Gasteiger partial charge in [-0.1, -0.05) is 91.0 Å². The molecule has 0 radical (unpaired) electrons. The molecule has 0 aliphatic heterocycles. The van der Waals surface area contributed by atoms with Gasteiger partial charge in [0.05, 0.1) is 27.8 Å². The lowest BCUT2D eigenvalue weighted by molar-refractivity contribution is 0.734. The number of benzene rings is 5. The number of pyridine rings is 1. The van der Waals surface area contributed by atoms with E-state index in [-0.39, 0.29) is 0 Å². The smallest absolute Gasteiger partial charge is 0.0886 e. The molecule has 0 spiro atoms. The molecule has 4 heteroatoms. The van der Waals surface area contributed by atoms with E-state index < -0.39 is 5.41 Å². The van der Waals surface area contributed by atoms with Crippen LogP contribution in [0.2, 0.25) is 0 Å². The summed E-state index contributed by atoms with van der Waals surface area (Å²) >= 11 is 0. The number of para-hydroxylation sites is 1. The highest BCUT2D eigenvalue weighted by molar-refractivity contribution is 6.09. The molecule has 1 aliphatic rings. The van der Waals surface area contributed by atoms with E-state index in [1.54, 1.807) is 0 Å². The highest BCUT2D eigenvalue weighted by atomic mass is 15.3. The molecule has 0 saturated carbocycles. The van der Waals surface area contributed by atoms with Crippen molar-refractivity contribution in [3.8, 4) is 22.5 Å². The van der Waals surface area contributed by atoms with Gasteiger partial charge in [0.25, 0.3) is 0 Å². The Morgan fingerprint density at radius 1 is 0.512 bits per heavy atom. The molecule has 43 heavy (non-hydrogen) atoms. The minimum Gasteiger partial charge on any atom is -0.309 e. The first-order valence-corrected chi connectivity index (χ1v) is 14.6. The predicted octanol–water partition coefficient (Wildman–Crippen LogP) is 8.73. The van der Waals surface area contributed by atoms with E-state index in [9.17, 15) is 0 Å². The number of rotatable bonds is 4. The topological polar surface area (TPSA) is 35.6 Å². The number of aromatic nitrogens is 4. The first kappa shape index (κ1) is 23.9. The third-order valence-corrected chi connectivity index (χ3v) is 8.97. The van der Waals surface area contributed by atoms with E-state index in [1.807, 2.05) is 35.4 Å². The van der Waals surface area contributed by atoms with Gasteiger partial charge < -0.3 is 4.57 Å². The SMILES string of the molecule is c1ccc(C2(c3cccc(-n4c5ccccc5c5ccc(-n6cccn6)cc54)c3)c3ccccc3-c3ccccc32)nc1. The van der Waals surface area contributed by atoms with Crippen LogP contribution >= 0.6 is 0 Å². The number of fused-ring (bicyclic) bond motifs is 6. The molecule has 0 fully saturated rings. The summed E-state index contributed by atoms with van der Waals surface area (Å²) in [7, 11) is 0. The maximum absolute atomic E-state index is 5.02. The Kier molecular flexibility index (Phi) is 5.08. The Bertz CT molecular complexity index is 2250. The molecule has 5 aromatic carbocycles. The standard InChI is InChI=1S/C39H26N4/c1-4-16-34-30(13-1)31-14-2-5-17-35(31)39(34,38-19-7-8-22-40-38)27-11-9-12-29(25-27)43-36-18-6-3-15-32(36)33-21-20-28(26-37(33)43)42-24-10-23-41-42/h1-26H. The van der Waals surface area contributed by atoms with Crippen LogP contribution < -0.4 is 0 Å². The average molecular weight is 551 g/mol. The van der Waals surface area contributed by atoms with Crippen molar-refractivity contribution in [2.45, 2.75) is 5.41 Å². The van der Waals surface area contributed by atoms with Gasteiger partial charge in [-0.15, -0.1) is 0 Å². The lowest BCUT2D eigenvalue weighted by Gasteiger charge is -2.33. The summed E-state index contributed by atoms with van der Waals surface area (Å²) in [5.74, 6) is 0. The van der Waals surface area contributed by atoms with Crippen LogP contribution in [0.5, 0.6) is 0 Å². The van der Waals surface area contributed by atoms with Crippen LogP contribution in [0.25, 0.3) is 44.3 Å². The summed E-state index contributed by atoms with van der Waals surface area (Å²) in [6, 6.07) is 50.1. The average Bonchev–Trinajstić information content (AvgIpc) is 3.80. The Balaban J connectivity index is 1.36. The molecule has 0 atom stereocenters. The van der Waals surface area contributed by atoms with Gasteiger partial charge in [0, 0.05) is 35.1 Å². The van der Waals surface area contributed by atoms with Gasteiger partial charge >= 0.3 is 0 Å². The summed E-state index contributed by atoms with van der Waals surface area (Å²) in [5.41, 5.74) is 11.2. The summed E-state index contributed by atoms with van der Waals surface area (Å²) in [5, 5.41) is 6.95. The molecule has 4 nitrogen and oxygen atoms in total. The highest BCUT2D eigenvalue weighted by Crippen LogP contribution is 2.55. The zero-order valence-corrected chi connectivity index (χ0v) is 23.3. The highest BCUT2D eigenvalue weighted by Gasteiger charge is 2.47. The van der Waals surface area contributed by atoms with Crippen LogP contribution in [-0.2, 0) is 5.41 Å². The summed E-state index contributed by atoms with van der Waals surface area (Å²) in [6.07, 6.45) is 5.71. The second kappa shape index (κ2) is 9.13. The fourth-order valence-electron chi connectivity index (χ4n) is 7.23. The molecule has 1 aliphatic carbocycles. The first-order valence-electron chi connectivity index (χ1n) is 14.6. The fourth-order valence-corrected chi connectivity index (χ4v) is 7.23. The van der Waals surface area contributed by atoms with Crippen molar-refractivity contribution in [2.75, 3.05) is 0 Å².